The fourth-order valence-corrected chi connectivity index (χ4v) is 2.88. The van der Waals surface area contributed by atoms with Gasteiger partial charge in [-0.15, -0.1) is 0 Å². The molecule has 6 nitrogen and oxygen atoms in total. The van der Waals surface area contributed by atoms with Crippen molar-refractivity contribution in [3.05, 3.63) is 29.8 Å². The number of ether oxygens (including phenoxy) is 2. The molecule has 0 aromatic heterocycles. The van der Waals surface area contributed by atoms with Crippen molar-refractivity contribution in [2.24, 2.45) is 5.92 Å². The van der Waals surface area contributed by atoms with Crippen LogP contribution in [0.5, 0.6) is 5.75 Å². The molecule has 1 aromatic rings. The molecule has 0 spiro atoms. The van der Waals surface area contributed by atoms with Gasteiger partial charge in [0.2, 0.25) is 0 Å². The van der Waals surface area contributed by atoms with E-state index in [9.17, 15) is 9.59 Å². The van der Waals surface area contributed by atoms with Crippen LogP contribution in [0.2, 0.25) is 0 Å². The Morgan fingerprint density at radius 3 is 2.95 bits per heavy atom. The number of nitrogens with one attached hydrogen (secondary N) is 2. The summed E-state index contributed by atoms with van der Waals surface area (Å²) in [7, 11) is 0. The summed E-state index contributed by atoms with van der Waals surface area (Å²) in [5, 5.41) is 5.47. The molecule has 6 heteroatoms. The van der Waals surface area contributed by atoms with Gasteiger partial charge >= 0.3 is 12.0 Å². The Bertz CT molecular complexity index is 574. The van der Waals surface area contributed by atoms with E-state index in [0.29, 0.717) is 5.75 Å². The van der Waals surface area contributed by atoms with Gasteiger partial charge in [0, 0.05) is 5.56 Å². The molecule has 0 radical (unpaired) electrons. The van der Waals surface area contributed by atoms with E-state index in [1.165, 1.54) is 0 Å². The van der Waals surface area contributed by atoms with Gasteiger partial charge in [-0.2, -0.15) is 0 Å². The Labute approximate surface area is 116 Å². The third kappa shape index (κ3) is 1.79. The third-order valence-corrected chi connectivity index (χ3v) is 3.69. The van der Waals surface area contributed by atoms with E-state index in [-0.39, 0.29) is 18.6 Å². The van der Waals surface area contributed by atoms with Crippen molar-refractivity contribution in [2.45, 2.75) is 25.6 Å². The highest BCUT2D eigenvalue weighted by Crippen LogP contribution is 2.44. The smallest absolute Gasteiger partial charge is 0.318 e. The van der Waals surface area contributed by atoms with Crippen molar-refractivity contribution in [1.82, 2.24) is 10.6 Å². The Kier molecular flexibility index (Phi) is 2.81. The zero-order valence-corrected chi connectivity index (χ0v) is 11.3. The predicted octanol–water partition coefficient (Wildman–Crippen LogP) is 1.33. The zero-order chi connectivity index (χ0) is 14.3. The summed E-state index contributed by atoms with van der Waals surface area (Å²) >= 11 is 0. The van der Waals surface area contributed by atoms with Gasteiger partial charge in [0.15, 0.2) is 5.72 Å². The number of carbonyl (C=O) groups excluding carboxylic acids is 2. The molecule has 1 fully saturated rings. The molecule has 20 heavy (non-hydrogen) atoms. The first-order chi connectivity index (χ1) is 9.55. The maximum absolute atomic E-state index is 12.2. The number of para-hydroxylation sites is 1. The fourth-order valence-electron chi connectivity index (χ4n) is 2.88. The van der Waals surface area contributed by atoms with Crippen molar-refractivity contribution in [3.63, 3.8) is 0 Å². The van der Waals surface area contributed by atoms with E-state index < -0.39 is 17.7 Å². The lowest BCUT2D eigenvalue weighted by Crippen LogP contribution is -2.70. The van der Waals surface area contributed by atoms with Gasteiger partial charge in [-0.1, -0.05) is 18.2 Å². The van der Waals surface area contributed by atoms with Crippen LogP contribution in [0.25, 0.3) is 0 Å². The van der Waals surface area contributed by atoms with Crippen molar-refractivity contribution >= 4 is 12.0 Å². The van der Waals surface area contributed by atoms with Crippen molar-refractivity contribution < 1.29 is 19.1 Å². The van der Waals surface area contributed by atoms with Gasteiger partial charge in [0.05, 0.1) is 12.6 Å². The molecule has 0 aliphatic carbocycles. The van der Waals surface area contributed by atoms with Crippen molar-refractivity contribution in [2.75, 3.05) is 6.61 Å². The lowest BCUT2D eigenvalue weighted by molar-refractivity contribution is -0.162. The van der Waals surface area contributed by atoms with Gasteiger partial charge < -0.3 is 14.8 Å². The summed E-state index contributed by atoms with van der Waals surface area (Å²) in [4.78, 5) is 24.0. The minimum atomic E-state index is -1.10. The summed E-state index contributed by atoms with van der Waals surface area (Å²) in [5.41, 5.74) is -0.314. The second-order valence-corrected chi connectivity index (χ2v) is 5.05. The van der Waals surface area contributed by atoms with Crippen LogP contribution in [0.3, 0.4) is 0 Å². The predicted molar refractivity (Wildman–Crippen MR) is 70.0 cm³/mol. The van der Waals surface area contributed by atoms with Gasteiger partial charge in [-0.25, -0.2) is 4.79 Å². The zero-order valence-electron chi connectivity index (χ0n) is 11.3. The second-order valence-electron chi connectivity index (χ2n) is 5.05. The van der Waals surface area contributed by atoms with Gasteiger partial charge in [-0.3, -0.25) is 10.1 Å². The molecule has 3 rings (SSSR count). The van der Waals surface area contributed by atoms with Crippen LogP contribution in [0.15, 0.2) is 24.3 Å². The molecule has 2 heterocycles. The number of rotatable bonds is 2. The summed E-state index contributed by atoms with van der Waals surface area (Å²) in [6, 6.07) is 6.56. The quantitative estimate of drug-likeness (QED) is 0.799. The van der Waals surface area contributed by atoms with E-state index in [1.807, 2.05) is 24.3 Å². The van der Waals surface area contributed by atoms with E-state index in [4.69, 9.17) is 9.47 Å². The average molecular weight is 276 g/mol. The number of amides is 2. The maximum atomic E-state index is 12.2. The Balaban J connectivity index is 2.08. The number of hydrogen-bond acceptors (Lipinski definition) is 4. The Hall–Kier alpha value is -2.24. The fraction of sp³-hybridized carbons (Fsp3) is 0.429. The number of urea groups is 1. The Morgan fingerprint density at radius 1 is 1.45 bits per heavy atom. The van der Waals surface area contributed by atoms with Crippen molar-refractivity contribution in [3.8, 4) is 5.75 Å². The number of fused-ring (bicyclic) bond motifs is 4. The lowest BCUT2D eigenvalue weighted by Gasteiger charge is -2.48. The molecule has 0 saturated carbocycles. The van der Waals surface area contributed by atoms with Gasteiger partial charge in [-0.05, 0) is 19.9 Å². The van der Waals surface area contributed by atoms with Crippen LogP contribution in [0.4, 0.5) is 4.79 Å². The van der Waals surface area contributed by atoms with E-state index in [0.717, 1.165) is 5.56 Å². The number of carbonyl (C=O) groups is 2. The standard InChI is InChI=1S/C14H16N2O4/c1-3-19-12(17)10-11-8-6-4-5-7-9(8)20-14(10,2)16-13(18)15-11/h4-7,10-11H,3H2,1-2H3,(H2,15,16,18)/t10-,11?,14?/m0/s1. The van der Waals surface area contributed by atoms with Crippen molar-refractivity contribution in [1.29, 1.82) is 0 Å². The molecule has 2 aliphatic rings. The topological polar surface area (TPSA) is 76.7 Å². The molecule has 2 bridgehead atoms. The van der Waals surface area contributed by atoms with E-state index in [1.54, 1.807) is 13.8 Å². The lowest BCUT2D eigenvalue weighted by atomic mass is 9.80. The van der Waals surface area contributed by atoms with Gasteiger partial charge in [0.1, 0.15) is 11.7 Å². The SMILES string of the molecule is CCOC(=O)[C@@H]1C2NC(=O)NC1(C)Oc1ccccc12. The van der Waals surface area contributed by atoms with E-state index >= 15 is 0 Å². The highest BCUT2D eigenvalue weighted by molar-refractivity contribution is 5.84. The second kappa shape index (κ2) is 4.40. The van der Waals surface area contributed by atoms with Crippen LogP contribution in [0.1, 0.15) is 25.5 Å². The first-order valence-electron chi connectivity index (χ1n) is 6.58. The van der Waals surface area contributed by atoms with Crippen LogP contribution in [-0.2, 0) is 9.53 Å². The number of hydrogen-bond donors (Lipinski definition) is 2. The molecule has 1 aromatic carbocycles. The monoisotopic (exact) mass is 276 g/mol. The largest absolute Gasteiger partial charge is 0.467 e. The first kappa shape index (κ1) is 12.8. The highest BCUT2D eigenvalue weighted by atomic mass is 16.5. The minimum absolute atomic E-state index is 0.285. The molecular weight excluding hydrogens is 260 g/mol. The molecule has 106 valence electrons. The number of esters is 1. The summed E-state index contributed by atoms with van der Waals surface area (Å²) in [6.45, 7) is 3.73. The van der Waals surface area contributed by atoms with Crippen LogP contribution >= 0.6 is 0 Å². The van der Waals surface area contributed by atoms with Gasteiger partial charge in [0.25, 0.3) is 0 Å². The van der Waals surface area contributed by atoms with Crippen LogP contribution in [0, 0.1) is 5.92 Å². The molecule has 3 atom stereocenters. The molecule has 1 saturated heterocycles. The first-order valence-corrected chi connectivity index (χ1v) is 6.58. The average Bonchev–Trinajstić information content (AvgIpc) is 2.37. The van der Waals surface area contributed by atoms with Crippen LogP contribution in [-0.4, -0.2) is 24.3 Å². The summed E-state index contributed by atoms with van der Waals surface area (Å²) in [6.07, 6.45) is 0. The molecular formula is C14H16N2O4. The Morgan fingerprint density at radius 2 is 2.20 bits per heavy atom. The minimum Gasteiger partial charge on any atom is -0.467 e. The third-order valence-electron chi connectivity index (χ3n) is 3.69. The van der Waals surface area contributed by atoms with E-state index in [2.05, 4.69) is 10.6 Å². The normalized spacial score (nSPS) is 30.4. The molecule has 2 aliphatic heterocycles. The molecule has 2 amide bonds. The molecule has 2 N–H and O–H groups in total. The maximum Gasteiger partial charge on any atom is 0.318 e. The number of benzene rings is 1. The molecule has 2 unspecified atom stereocenters. The van der Waals surface area contributed by atoms with Crippen LogP contribution < -0.4 is 15.4 Å². The summed E-state index contributed by atoms with van der Waals surface area (Å²) in [5.74, 6) is -0.356. The highest BCUT2D eigenvalue weighted by Gasteiger charge is 2.56. The summed E-state index contributed by atoms with van der Waals surface area (Å²) < 4.78 is 11.0.